The van der Waals surface area contributed by atoms with E-state index in [2.05, 4.69) is 81.5 Å². The number of esters is 2. The lowest BCUT2D eigenvalue weighted by atomic mass is 10.0. The molecule has 1 atom stereocenters. The van der Waals surface area contributed by atoms with Crippen molar-refractivity contribution < 1.29 is 23.8 Å². The first-order valence-corrected chi connectivity index (χ1v) is 25.8. The molecule has 0 saturated carbocycles. The summed E-state index contributed by atoms with van der Waals surface area (Å²) in [5.41, 5.74) is 0. The number of allylic oxidation sites excluding steroid dienone is 10. The smallest absolute Gasteiger partial charge is 0.306 e. The fourth-order valence-electron chi connectivity index (χ4n) is 7.21. The predicted octanol–water partition coefficient (Wildman–Crippen LogP) is 17.3. The second kappa shape index (κ2) is 51.0. The average Bonchev–Trinajstić information content (AvgIpc) is 3.25. The van der Waals surface area contributed by atoms with E-state index in [9.17, 15) is 9.59 Å². The summed E-state index contributed by atoms with van der Waals surface area (Å²) < 4.78 is 17.4. The molecule has 348 valence electrons. The Bertz CT molecular complexity index is 1040. The average molecular weight is 839 g/mol. The molecule has 0 fully saturated rings. The maximum atomic E-state index is 12.8. The van der Waals surface area contributed by atoms with Crippen molar-refractivity contribution >= 4 is 11.9 Å². The minimum Gasteiger partial charge on any atom is -0.462 e. The Morgan fingerprint density at radius 2 is 0.783 bits per heavy atom. The van der Waals surface area contributed by atoms with Crippen molar-refractivity contribution in [1.82, 2.24) is 0 Å². The maximum absolute atomic E-state index is 12.8. The highest BCUT2D eigenvalue weighted by molar-refractivity contribution is 5.70. The summed E-state index contributed by atoms with van der Waals surface area (Å²) in [5.74, 6) is -0.417. The molecule has 0 aromatic heterocycles. The first-order chi connectivity index (χ1) is 29.6. The highest BCUT2D eigenvalue weighted by Gasteiger charge is 2.17. The summed E-state index contributed by atoms with van der Waals surface area (Å²) in [4.78, 5) is 25.4. The minimum atomic E-state index is -0.545. The van der Waals surface area contributed by atoms with Gasteiger partial charge in [-0.3, -0.25) is 9.59 Å². The molecule has 60 heavy (non-hydrogen) atoms. The molecule has 0 saturated heterocycles. The molecule has 0 aliphatic heterocycles. The van der Waals surface area contributed by atoms with Gasteiger partial charge in [0.25, 0.3) is 0 Å². The highest BCUT2D eigenvalue weighted by atomic mass is 16.6. The lowest BCUT2D eigenvalue weighted by Crippen LogP contribution is -2.30. The summed E-state index contributed by atoms with van der Waals surface area (Å²) in [5, 5.41) is 0. The lowest BCUT2D eigenvalue weighted by molar-refractivity contribution is -0.163. The summed E-state index contributed by atoms with van der Waals surface area (Å²) >= 11 is 0. The van der Waals surface area contributed by atoms with Gasteiger partial charge in [-0.05, 0) is 77.0 Å². The standard InChI is InChI=1S/C55H98O5/c1-4-7-10-13-16-19-22-25-27-28-29-31-33-36-39-42-45-48-54(56)59-52-53(51-58-50-47-44-41-38-35-32-26-23-20-17-14-11-8-5-2)60-55(57)49-46-43-40-37-34-30-24-21-18-15-12-9-6-3/h7,10,12,15-16,19,21,24-25,27,53H,4-6,8-9,11,13-14,17-18,20,22-23,26,28-52H2,1-3H3/b10-7-,15-12-,19-16-,24-21-,27-25-. The van der Waals surface area contributed by atoms with E-state index in [4.69, 9.17) is 14.2 Å². The van der Waals surface area contributed by atoms with Gasteiger partial charge in [-0.2, -0.15) is 0 Å². The van der Waals surface area contributed by atoms with E-state index in [0.717, 1.165) is 89.9 Å². The number of hydrogen-bond donors (Lipinski definition) is 0. The summed E-state index contributed by atoms with van der Waals surface area (Å²) in [6, 6.07) is 0. The zero-order valence-electron chi connectivity index (χ0n) is 40.0. The minimum absolute atomic E-state index is 0.0757. The normalized spacial score (nSPS) is 12.7. The van der Waals surface area contributed by atoms with Crippen molar-refractivity contribution in [2.75, 3.05) is 19.8 Å². The summed E-state index contributed by atoms with van der Waals surface area (Å²) in [6.07, 6.45) is 63.7. The molecule has 5 nitrogen and oxygen atoms in total. The van der Waals surface area contributed by atoms with Crippen LogP contribution in [0.3, 0.4) is 0 Å². The van der Waals surface area contributed by atoms with Crippen LogP contribution in [0.1, 0.15) is 252 Å². The van der Waals surface area contributed by atoms with Crippen molar-refractivity contribution in [3.63, 3.8) is 0 Å². The van der Waals surface area contributed by atoms with Crippen LogP contribution in [0.2, 0.25) is 0 Å². The zero-order chi connectivity index (χ0) is 43.5. The Morgan fingerprint density at radius 1 is 0.383 bits per heavy atom. The van der Waals surface area contributed by atoms with Gasteiger partial charge in [-0.15, -0.1) is 0 Å². The maximum Gasteiger partial charge on any atom is 0.306 e. The van der Waals surface area contributed by atoms with Crippen molar-refractivity contribution in [2.45, 2.75) is 258 Å². The number of ether oxygens (including phenoxy) is 3. The topological polar surface area (TPSA) is 61.8 Å². The van der Waals surface area contributed by atoms with E-state index in [1.165, 1.54) is 128 Å². The van der Waals surface area contributed by atoms with Gasteiger partial charge in [0.1, 0.15) is 6.61 Å². The van der Waals surface area contributed by atoms with Crippen LogP contribution in [0.15, 0.2) is 60.8 Å². The van der Waals surface area contributed by atoms with Crippen molar-refractivity contribution in [1.29, 1.82) is 0 Å². The third kappa shape index (κ3) is 48.3. The van der Waals surface area contributed by atoms with E-state index >= 15 is 0 Å². The van der Waals surface area contributed by atoms with Gasteiger partial charge in [-0.25, -0.2) is 0 Å². The van der Waals surface area contributed by atoms with Gasteiger partial charge < -0.3 is 14.2 Å². The van der Waals surface area contributed by atoms with Gasteiger partial charge in [-0.1, -0.05) is 223 Å². The third-order valence-electron chi connectivity index (χ3n) is 11.0. The molecule has 0 N–H and O–H groups in total. The molecule has 0 amide bonds. The fraction of sp³-hybridized carbons (Fsp3) is 0.782. The molecule has 0 spiro atoms. The van der Waals surface area contributed by atoms with Crippen LogP contribution in [0.25, 0.3) is 0 Å². The molecule has 0 aliphatic carbocycles. The molecule has 0 rings (SSSR count). The van der Waals surface area contributed by atoms with Gasteiger partial charge in [0.15, 0.2) is 6.10 Å². The Hall–Kier alpha value is -2.40. The highest BCUT2D eigenvalue weighted by Crippen LogP contribution is 2.15. The second-order valence-corrected chi connectivity index (χ2v) is 17.0. The molecular weight excluding hydrogens is 741 g/mol. The number of unbranched alkanes of at least 4 members (excludes halogenated alkanes) is 26. The predicted molar refractivity (Wildman–Crippen MR) is 261 cm³/mol. The van der Waals surface area contributed by atoms with Gasteiger partial charge in [0, 0.05) is 19.4 Å². The van der Waals surface area contributed by atoms with Gasteiger partial charge >= 0.3 is 11.9 Å². The van der Waals surface area contributed by atoms with Crippen molar-refractivity contribution in [3.8, 4) is 0 Å². The van der Waals surface area contributed by atoms with E-state index < -0.39 is 6.10 Å². The Balaban J connectivity index is 4.27. The first-order valence-electron chi connectivity index (χ1n) is 25.8. The van der Waals surface area contributed by atoms with E-state index in [1.807, 2.05) is 0 Å². The van der Waals surface area contributed by atoms with E-state index in [0.29, 0.717) is 19.4 Å². The molecule has 0 bridgehead atoms. The Labute approximate surface area is 373 Å². The first kappa shape index (κ1) is 57.6. The molecule has 0 radical (unpaired) electrons. The SMILES string of the molecule is CC/C=C\C/C=C\C/C=C\CCCCCCCCCC(=O)OCC(COCCCCCCCCCCCCCCCC)OC(=O)CCCCCCC/C=C\C/C=C\CCC. The van der Waals surface area contributed by atoms with Crippen molar-refractivity contribution in [3.05, 3.63) is 60.8 Å². The van der Waals surface area contributed by atoms with Gasteiger partial charge in [0.05, 0.1) is 6.61 Å². The van der Waals surface area contributed by atoms with Crippen LogP contribution < -0.4 is 0 Å². The van der Waals surface area contributed by atoms with Crippen LogP contribution in [0, 0.1) is 0 Å². The molecule has 0 aromatic carbocycles. The summed E-state index contributed by atoms with van der Waals surface area (Å²) in [6.45, 7) is 7.66. The Morgan fingerprint density at radius 3 is 1.27 bits per heavy atom. The molecule has 5 heteroatoms. The van der Waals surface area contributed by atoms with E-state index in [1.54, 1.807) is 0 Å². The number of rotatable bonds is 47. The Kier molecular flexibility index (Phi) is 48.9. The third-order valence-corrected chi connectivity index (χ3v) is 11.0. The molecule has 1 unspecified atom stereocenters. The molecular formula is C55H98O5. The fourth-order valence-corrected chi connectivity index (χ4v) is 7.21. The van der Waals surface area contributed by atoms with Crippen LogP contribution in [-0.4, -0.2) is 37.9 Å². The van der Waals surface area contributed by atoms with Crippen LogP contribution >= 0.6 is 0 Å². The largest absolute Gasteiger partial charge is 0.462 e. The van der Waals surface area contributed by atoms with Crippen LogP contribution in [0.5, 0.6) is 0 Å². The molecule has 0 aliphatic rings. The second-order valence-electron chi connectivity index (χ2n) is 17.0. The number of hydrogen-bond acceptors (Lipinski definition) is 5. The lowest BCUT2D eigenvalue weighted by Gasteiger charge is -2.18. The van der Waals surface area contributed by atoms with Gasteiger partial charge in [0.2, 0.25) is 0 Å². The van der Waals surface area contributed by atoms with E-state index in [-0.39, 0.29) is 25.2 Å². The monoisotopic (exact) mass is 839 g/mol. The van der Waals surface area contributed by atoms with Crippen LogP contribution in [0.4, 0.5) is 0 Å². The van der Waals surface area contributed by atoms with Crippen LogP contribution in [-0.2, 0) is 23.8 Å². The zero-order valence-corrected chi connectivity index (χ0v) is 40.0. The molecule has 0 heterocycles. The quantitative estimate of drug-likeness (QED) is 0.0347. The molecule has 0 aromatic rings. The number of carbonyl (C=O) groups excluding carboxylic acids is 2. The number of carbonyl (C=O) groups is 2. The summed E-state index contributed by atoms with van der Waals surface area (Å²) in [7, 11) is 0. The van der Waals surface area contributed by atoms with Crippen molar-refractivity contribution in [2.24, 2.45) is 0 Å².